The van der Waals surface area contributed by atoms with Crippen LogP contribution in [0, 0.1) is 0 Å². The number of nitrogens with one attached hydrogen (secondary N) is 2. The molecule has 4 aromatic rings. The van der Waals surface area contributed by atoms with E-state index in [1.165, 1.54) is 6.07 Å². The molecule has 11 heteroatoms. The second kappa shape index (κ2) is 11.5. The Balaban J connectivity index is 1.66. The minimum atomic E-state index is -4.11. The molecule has 4 rings (SSSR count). The predicted octanol–water partition coefficient (Wildman–Crippen LogP) is 4.02. The number of carbonyl (C=O) groups excluding carboxylic acids is 1. The van der Waals surface area contributed by atoms with Gasteiger partial charge in [0.15, 0.2) is 0 Å². The summed E-state index contributed by atoms with van der Waals surface area (Å²) in [5.41, 5.74) is 1.91. The van der Waals surface area contributed by atoms with E-state index in [0.717, 1.165) is 17.3 Å². The van der Waals surface area contributed by atoms with Gasteiger partial charge in [-0.3, -0.25) is 4.79 Å². The number of nitrogens with zero attached hydrogens (tertiary/aromatic N) is 2. The molecule has 1 amide bonds. The lowest BCUT2D eigenvalue weighted by atomic mass is 10.1. The molecular weight excluding hydrogens is 500 g/mol. The zero-order valence-corrected chi connectivity index (χ0v) is 21.4. The number of rotatable bonds is 11. The second-order valence-electron chi connectivity index (χ2n) is 7.76. The predicted molar refractivity (Wildman–Crippen MR) is 139 cm³/mol. The summed E-state index contributed by atoms with van der Waals surface area (Å²) < 4.78 is 48.9. The van der Waals surface area contributed by atoms with Crippen LogP contribution in [0.25, 0.3) is 11.0 Å². The van der Waals surface area contributed by atoms with Crippen LogP contribution >= 0.6 is 11.7 Å². The lowest BCUT2D eigenvalue weighted by molar-refractivity contribution is -0.117. The van der Waals surface area contributed by atoms with E-state index < -0.39 is 22.0 Å². The van der Waals surface area contributed by atoms with Gasteiger partial charge in [-0.2, -0.15) is 13.5 Å². The molecule has 36 heavy (non-hydrogen) atoms. The third-order valence-electron chi connectivity index (χ3n) is 5.25. The molecule has 188 valence electrons. The Morgan fingerprint density at radius 1 is 0.972 bits per heavy atom. The molecule has 0 unspecified atom stereocenters. The molecule has 0 bridgehead atoms. The Morgan fingerprint density at radius 3 is 2.50 bits per heavy atom. The summed E-state index contributed by atoms with van der Waals surface area (Å²) in [5, 5.41) is 2.82. The van der Waals surface area contributed by atoms with Crippen LogP contribution < -0.4 is 19.5 Å². The number of anilines is 1. The van der Waals surface area contributed by atoms with Gasteiger partial charge in [0.1, 0.15) is 33.5 Å². The van der Waals surface area contributed by atoms with E-state index in [9.17, 15) is 13.2 Å². The van der Waals surface area contributed by atoms with Crippen molar-refractivity contribution < 1.29 is 22.7 Å². The highest BCUT2D eigenvalue weighted by molar-refractivity contribution is 7.89. The fourth-order valence-electron chi connectivity index (χ4n) is 3.65. The van der Waals surface area contributed by atoms with Crippen LogP contribution in [0.15, 0.2) is 71.6 Å². The van der Waals surface area contributed by atoms with Gasteiger partial charge >= 0.3 is 0 Å². The Morgan fingerprint density at radius 2 is 1.75 bits per heavy atom. The molecule has 1 aromatic heterocycles. The smallest absolute Gasteiger partial charge is 0.243 e. The minimum Gasteiger partial charge on any atom is -0.494 e. The first-order valence-electron chi connectivity index (χ1n) is 11.4. The van der Waals surface area contributed by atoms with Crippen molar-refractivity contribution in [2.45, 2.75) is 31.2 Å². The molecule has 1 heterocycles. The van der Waals surface area contributed by atoms with Gasteiger partial charge in [-0.1, -0.05) is 36.4 Å². The topological polar surface area (TPSA) is 120 Å². The van der Waals surface area contributed by atoms with Crippen molar-refractivity contribution in [1.29, 1.82) is 0 Å². The third kappa shape index (κ3) is 5.99. The summed E-state index contributed by atoms with van der Waals surface area (Å²) in [6, 6.07) is 17.9. The van der Waals surface area contributed by atoms with Crippen molar-refractivity contribution in [3.63, 3.8) is 0 Å². The van der Waals surface area contributed by atoms with E-state index in [1.807, 2.05) is 44.2 Å². The largest absolute Gasteiger partial charge is 0.494 e. The number of aromatic nitrogens is 2. The zero-order chi connectivity index (χ0) is 25.5. The number of carbonyl (C=O) groups is 1. The van der Waals surface area contributed by atoms with Gasteiger partial charge in [0.25, 0.3) is 0 Å². The monoisotopic (exact) mass is 526 g/mol. The number of ether oxygens (including phenoxy) is 2. The highest BCUT2D eigenvalue weighted by Crippen LogP contribution is 2.30. The van der Waals surface area contributed by atoms with Crippen molar-refractivity contribution in [2.75, 3.05) is 18.5 Å². The van der Waals surface area contributed by atoms with Crippen LogP contribution in [0.1, 0.15) is 19.4 Å². The number of sulfonamides is 1. The normalized spacial score (nSPS) is 12.3. The van der Waals surface area contributed by atoms with E-state index in [1.54, 1.807) is 30.3 Å². The zero-order valence-electron chi connectivity index (χ0n) is 19.8. The standard InChI is InChI=1S/C25H26N4O5S2/c1-3-33-18-13-14-22(34-4-2)20(16-18)26-25(30)21(15-17-9-6-5-7-10-17)29-36(31,32)23-12-8-11-19-24(23)28-35-27-19/h5-14,16,21,29H,3-4,15H2,1-2H3,(H,26,30)/t21-/m1/s1. The summed E-state index contributed by atoms with van der Waals surface area (Å²) in [5.74, 6) is 0.466. The van der Waals surface area contributed by atoms with Gasteiger partial charge in [0.05, 0.1) is 30.6 Å². The number of benzene rings is 3. The average Bonchev–Trinajstić information content (AvgIpc) is 3.35. The van der Waals surface area contributed by atoms with Gasteiger partial charge in [-0.25, -0.2) is 8.42 Å². The van der Waals surface area contributed by atoms with Crippen molar-refractivity contribution >= 4 is 44.4 Å². The fourth-order valence-corrected chi connectivity index (χ4v) is 5.61. The summed E-state index contributed by atoms with van der Waals surface area (Å²) in [4.78, 5) is 13.5. The maximum absolute atomic E-state index is 13.5. The van der Waals surface area contributed by atoms with Crippen molar-refractivity contribution in [1.82, 2.24) is 13.5 Å². The van der Waals surface area contributed by atoms with E-state index in [4.69, 9.17) is 9.47 Å². The Kier molecular flexibility index (Phi) is 8.14. The SMILES string of the molecule is CCOc1ccc(OCC)c(NC(=O)[C@@H](Cc2ccccc2)NS(=O)(=O)c2cccc3nsnc23)c1. The lowest BCUT2D eigenvalue weighted by Crippen LogP contribution is -2.45. The van der Waals surface area contributed by atoms with E-state index in [-0.39, 0.29) is 16.8 Å². The van der Waals surface area contributed by atoms with Crippen molar-refractivity contribution in [3.05, 3.63) is 72.3 Å². The molecule has 0 aliphatic rings. The van der Waals surface area contributed by atoms with E-state index >= 15 is 0 Å². The van der Waals surface area contributed by atoms with Gasteiger partial charge in [-0.05, 0) is 50.1 Å². The Labute approximate surface area is 213 Å². The highest BCUT2D eigenvalue weighted by Gasteiger charge is 2.29. The van der Waals surface area contributed by atoms with Gasteiger partial charge in [0.2, 0.25) is 15.9 Å². The van der Waals surface area contributed by atoms with Crippen molar-refractivity contribution in [3.8, 4) is 11.5 Å². The number of hydrogen-bond acceptors (Lipinski definition) is 8. The second-order valence-corrected chi connectivity index (χ2v) is 9.98. The number of amides is 1. The molecule has 0 saturated heterocycles. The van der Waals surface area contributed by atoms with Crippen LogP contribution in [-0.4, -0.2) is 42.3 Å². The number of hydrogen-bond donors (Lipinski definition) is 2. The molecule has 0 spiro atoms. The van der Waals surface area contributed by atoms with E-state index in [0.29, 0.717) is 35.9 Å². The fraction of sp³-hybridized carbons (Fsp3) is 0.240. The maximum atomic E-state index is 13.5. The molecule has 1 atom stereocenters. The highest BCUT2D eigenvalue weighted by atomic mass is 32.2. The maximum Gasteiger partial charge on any atom is 0.243 e. The summed E-state index contributed by atoms with van der Waals surface area (Å²) in [6.07, 6.45) is 0.131. The van der Waals surface area contributed by atoms with Gasteiger partial charge in [-0.15, -0.1) is 0 Å². The van der Waals surface area contributed by atoms with Crippen LogP contribution in [0.3, 0.4) is 0 Å². The average molecular weight is 527 g/mol. The Bertz CT molecular complexity index is 1440. The lowest BCUT2D eigenvalue weighted by Gasteiger charge is -2.20. The minimum absolute atomic E-state index is 0.0343. The molecule has 0 radical (unpaired) electrons. The first-order valence-corrected chi connectivity index (χ1v) is 13.6. The summed E-state index contributed by atoms with van der Waals surface area (Å²) in [7, 11) is -4.11. The van der Waals surface area contributed by atoms with Crippen LogP contribution in [0.4, 0.5) is 5.69 Å². The van der Waals surface area contributed by atoms with Gasteiger partial charge in [0, 0.05) is 6.07 Å². The quantitative estimate of drug-likeness (QED) is 0.303. The van der Waals surface area contributed by atoms with Gasteiger partial charge < -0.3 is 14.8 Å². The van der Waals surface area contributed by atoms with Crippen LogP contribution in [-0.2, 0) is 21.2 Å². The molecule has 2 N–H and O–H groups in total. The molecular formula is C25H26N4O5S2. The molecule has 3 aromatic carbocycles. The first-order chi connectivity index (χ1) is 17.4. The first kappa shape index (κ1) is 25.5. The molecule has 0 aliphatic carbocycles. The van der Waals surface area contributed by atoms with Crippen LogP contribution in [0.2, 0.25) is 0 Å². The van der Waals surface area contributed by atoms with Crippen LogP contribution in [0.5, 0.6) is 11.5 Å². The Hall–Kier alpha value is -3.54. The molecule has 9 nitrogen and oxygen atoms in total. The summed E-state index contributed by atoms with van der Waals surface area (Å²) in [6.45, 7) is 4.54. The molecule has 0 fully saturated rings. The third-order valence-corrected chi connectivity index (χ3v) is 7.30. The summed E-state index contributed by atoms with van der Waals surface area (Å²) >= 11 is 0.927. The molecule has 0 aliphatic heterocycles. The van der Waals surface area contributed by atoms with E-state index in [2.05, 4.69) is 18.8 Å². The van der Waals surface area contributed by atoms with Crippen molar-refractivity contribution in [2.24, 2.45) is 0 Å². The molecule has 0 saturated carbocycles. The number of fused-ring (bicyclic) bond motifs is 1.